The third kappa shape index (κ3) is 1.94. The fourth-order valence-corrected chi connectivity index (χ4v) is 2.35. The van der Waals surface area contributed by atoms with Crippen molar-refractivity contribution in [1.29, 1.82) is 0 Å². The lowest BCUT2D eigenvalue weighted by Gasteiger charge is -2.49. The van der Waals surface area contributed by atoms with Crippen molar-refractivity contribution >= 4 is 12.1 Å². The average molecular weight is 257 g/mol. The molecule has 1 saturated carbocycles. The van der Waals surface area contributed by atoms with Crippen molar-refractivity contribution in [2.45, 2.75) is 44.8 Å². The number of β-amino-alcohol motifs (C(OH)–C–C–N with tert-alkyl or cyclic N) is 1. The Labute approximate surface area is 106 Å². The zero-order valence-electron chi connectivity index (χ0n) is 10.9. The Morgan fingerprint density at radius 3 is 2.06 bits per heavy atom. The van der Waals surface area contributed by atoms with Crippen LogP contribution in [0.3, 0.4) is 0 Å². The van der Waals surface area contributed by atoms with E-state index in [2.05, 4.69) is 0 Å². The van der Waals surface area contributed by atoms with Gasteiger partial charge in [0, 0.05) is 0 Å². The van der Waals surface area contributed by atoms with Gasteiger partial charge in [0.25, 0.3) is 0 Å². The normalized spacial score (nSPS) is 24.1. The van der Waals surface area contributed by atoms with Crippen LogP contribution in [0.1, 0.15) is 33.6 Å². The summed E-state index contributed by atoms with van der Waals surface area (Å²) in [7, 11) is 0. The molecule has 0 radical (unpaired) electrons. The molecule has 0 aromatic rings. The van der Waals surface area contributed by atoms with Crippen molar-refractivity contribution in [3.05, 3.63) is 0 Å². The molecule has 0 aromatic carbocycles. The molecule has 6 heteroatoms. The first-order valence-corrected chi connectivity index (χ1v) is 6.03. The van der Waals surface area contributed by atoms with Gasteiger partial charge >= 0.3 is 12.1 Å². The summed E-state index contributed by atoms with van der Waals surface area (Å²) < 4.78 is 5.16. The molecule has 1 heterocycles. The summed E-state index contributed by atoms with van der Waals surface area (Å²) in [5, 5.41) is 19.4. The predicted molar refractivity (Wildman–Crippen MR) is 62.1 cm³/mol. The molecule has 18 heavy (non-hydrogen) atoms. The van der Waals surface area contributed by atoms with Gasteiger partial charge in [-0.1, -0.05) is 0 Å². The van der Waals surface area contributed by atoms with E-state index in [1.165, 1.54) is 4.90 Å². The van der Waals surface area contributed by atoms with E-state index in [0.29, 0.717) is 12.8 Å². The molecule has 0 atom stereocenters. The van der Waals surface area contributed by atoms with Gasteiger partial charge in [0.05, 0.1) is 18.5 Å². The van der Waals surface area contributed by atoms with Crippen LogP contribution in [-0.2, 0) is 9.53 Å². The Morgan fingerprint density at radius 2 is 1.72 bits per heavy atom. The Hall–Kier alpha value is -1.30. The molecule has 2 N–H and O–H groups in total. The summed E-state index contributed by atoms with van der Waals surface area (Å²) in [4.78, 5) is 24.2. The molecular weight excluding hydrogens is 238 g/mol. The van der Waals surface area contributed by atoms with Gasteiger partial charge in [0.15, 0.2) is 0 Å². The Morgan fingerprint density at radius 1 is 1.22 bits per heavy atom. The number of amides is 1. The third-order valence-corrected chi connectivity index (χ3v) is 3.61. The van der Waals surface area contributed by atoms with E-state index in [-0.39, 0.29) is 13.1 Å². The molecule has 1 aliphatic carbocycles. The maximum atomic E-state index is 11.7. The highest BCUT2D eigenvalue weighted by Gasteiger charge is 2.69. The lowest BCUT2D eigenvalue weighted by atomic mass is 9.78. The van der Waals surface area contributed by atoms with E-state index in [1.807, 2.05) is 0 Å². The lowest BCUT2D eigenvalue weighted by Crippen LogP contribution is -2.69. The smallest absolute Gasteiger partial charge is 0.410 e. The Balaban J connectivity index is 1.94. The van der Waals surface area contributed by atoms with Crippen molar-refractivity contribution in [2.75, 3.05) is 13.1 Å². The van der Waals surface area contributed by atoms with Crippen LogP contribution in [0.15, 0.2) is 0 Å². The van der Waals surface area contributed by atoms with E-state index in [4.69, 9.17) is 9.84 Å². The molecule has 1 saturated heterocycles. The first-order chi connectivity index (χ1) is 8.10. The summed E-state index contributed by atoms with van der Waals surface area (Å²) in [5.41, 5.74) is -2.93. The number of carboxylic acid groups (broad SMARTS) is 1. The predicted octanol–water partition coefficient (Wildman–Crippen LogP) is 0.833. The number of hydrogen-bond donors (Lipinski definition) is 2. The number of carbonyl (C=O) groups excluding carboxylic acids is 1. The molecule has 0 spiro atoms. The largest absolute Gasteiger partial charge is 0.481 e. The van der Waals surface area contributed by atoms with Crippen LogP contribution in [0, 0.1) is 5.41 Å². The van der Waals surface area contributed by atoms with E-state index in [9.17, 15) is 14.7 Å². The average Bonchev–Trinajstić information content (AvgIpc) is 2.90. The second-order valence-electron chi connectivity index (χ2n) is 6.26. The van der Waals surface area contributed by atoms with Gasteiger partial charge < -0.3 is 19.8 Å². The Kier molecular flexibility index (Phi) is 2.63. The number of ether oxygens (including phenoxy) is 1. The standard InChI is InChI=1S/C12H19NO5/c1-10(2,3)18-9(16)13-6-12(17,7-13)11(4-5-11)8(14)15/h17H,4-7H2,1-3H3,(H,14,15). The summed E-state index contributed by atoms with van der Waals surface area (Å²) in [6.07, 6.45) is 0.440. The fraction of sp³-hybridized carbons (Fsp3) is 0.833. The first-order valence-electron chi connectivity index (χ1n) is 6.03. The van der Waals surface area contributed by atoms with Crippen LogP contribution in [0.4, 0.5) is 4.79 Å². The minimum atomic E-state index is -1.30. The summed E-state index contributed by atoms with van der Waals surface area (Å²) in [6.45, 7) is 5.35. The van der Waals surface area contributed by atoms with Gasteiger partial charge in [-0.25, -0.2) is 4.79 Å². The Bertz CT molecular complexity index is 388. The van der Waals surface area contributed by atoms with Gasteiger partial charge in [-0.05, 0) is 33.6 Å². The van der Waals surface area contributed by atoms with Crippen LogP contribution in [0.2, 0.25) is 0 Å². The van der Waals surface area contributed by atoms with E-state index < -0.39 is 28.7 Å². The lowest BCUT2D eigenvalue weighted by molar-refractivity contribution is -0.176. The van der Waals surface area contributed by atoms with Crippen LogP contribution in [0.25, 0.3) is 0 Å². The molecular formula is C12H19NO5. The number of likely N-dealkylation sites (tertiary alicyclic amines) is 1. The van der Waals surface area contributed by atoms with Gasteiger partial charge in [-0.15, -0.1) is 0 Å². The van der Waals surface area contributed by atoms with Crippen LogP contribution < -0.4 is 0 Å². The molecule has 102 valence electrons. The first kappa shape index (κ1) is 13.1. The van der Waals surface area contributed by atoms with Gasteiger partial charge in [-0.3, -0.25) is 4.79 Å². The number of carboxylic acids is 1. The molecule has 0 bridgehead atoms. The molecule has 1 aliphatic heterocycles. The van der Waals surface area contributed by atoms with Crippen molar-refractivity contribution in [3.63, 3.8) is 0 Å². The molecule has 2 fully saturated rings. The number of aliphatic carboxylic acids is 1. The highest BCUT2D eigenvalue weighted by Crippen LogP contribution is 2.57. The number of aliphatic hydroxyl groups is 1. The van der Waals surface area contributed by atoms with Gasteiger partial charge in [0.2, 0.25) is 0 Å². The molecule has 0 aromatic heterocycles. The second-order valence-corrected chi connectivity index (χ2v) is 6.26. The monoisotopic (exact) mass is 257 g/mol. The minimum absolute atomic E-state index is 0.0359. The maximum absolute atomic E-state index is 11.7. The van der Waals surface area contributed by atoms with Crippen LogP contribution in [0.5, 0.6) is 0 Å². The highest BCUT2D eigenvalue weighted by atomic mass is 16.6. The molecule has 2 rings (SSSR count). The zero-order valence-corrected chi connectivity index (χ0v) is 10.9. The molecule has 6 nitrogen and oxygen atoms in total. The number of rotatable bonds is 2. The van der Waals surface area contributed by atoms with Gasteiger partial charge in [-0.2, -0.15) is 0 Å². The quantitative estimate of drug-likeness (QED) is 0.765. The van der Waals surface area contributed by atoms with Crippen molar-refractivity contribution < 1.29 is 24.5 Å². The topological polar surface area (TPSA) is 87.1 Å². The summed E-state index contributed by atoms with van der Waals surface area (Å²) >= 11 is 0. The number of carbonyl (C=O) groups is 2. The third-order valence-electron chi connectivity index (χ3n) is 3.61. The fourth-order valence-electron chi connectivity index (χ4n) is 2.35. The molecule has 0 unspecified atom stereocenters. The van der Waals surface area contributed by atoms with E-state index in [0.717, 1.165) is 0 Å². The minimum Gasteiger partial charge on any atom is -0.481 e. The highest BCUT2D eigenvalue weighted by molar-refractivity contribution is 5.81. The summed E-state index contributed by atoms with van der Waals surface area (Å²) in [6, 6.07) is 0. The zero-order chi connectivity index (χ0) is 13.8. The van der Waals surface area contributed by atoms with E-state index in [1.54, 1.807) is 20.8 Å². The summed E-state index contributed by atoms with van der Waals surface area (Å²) in [5.74, 6) is -0.978. The van der Waals surface area contributed by atoms with Crippen molar-refractivity contribution in [1.82, 2.24) is 4.90 Å². The number of nitrogens with zero attached hydrogens (tertiary/aromatic N) is 1. The SMILES string of the molecule is CC(C)(C)OC(=O)N1CC(O)(C2(C(=O)O)CC2)C1. The maximum Gasteiger partial charge on any atom is 0.410 e. The van der Waals surface area contributed by atoms with Crippen molar-refractivity contribution in [3.8, 4) is 0 Å². The van der Waals surface area contributed by atoms with Crippen molar-refractivity contribution in [2.24, 2.45) is 5.41 Å². The van der Waals surface area contributed by atoms with Gasteiger partial charge in [0.1, 0.15) is 11.2 Å². The van der Waals surface area contributed by atoms with E-state index >= 15 is 0 Å². The van der Waals surface area contributed by atoms with Crippen LogP contribution in [-0.4, -0.2) is 51.5 Å². The molecule has 2 aliphatic rings. The molecule has 1 amide bonds. The number of hydrogen-bond acceptors (Lipinski definition) is 4. The second kappa shape index (κ2) is 3.60. The van der Waals surface area contributed by atoms with Crippen LogP contribution >= 0.6 is 0 Å².